The van der Waals surface area contributed by atoms with Crippen LogP contribution >= 0.6 is 0 Å². The van der Waals surface area contributed by atoms with Crippen molar-refractivity contribution >= 4 is 0 Å². The third-order valence-corrected chi connectivity index (χ3v) is 3.58. The average molecular weight is 229 g/mol. The van der Waals surface area contributed by atoms with E-state index in [9.17, 15) is 0 Å². The zero-order valence-electron chi connectivity index (χ0n) is 11.0. The molecule has 3 nitrogen and oxygen atoms in total. The lowest BCUT2D eigenvalue weighted by atomic mass is 9.70. The maximum absolute atomic E-state index is 8.57. The molecule has 2 unspecified atom stereocenters. The number of ether oxygens (including phenoxy) is 1. The number of aliphatic hydroxyl groups excluding tert-OH is 1. The Kier molecular flexibility index (Phi) is 5.73. The van der Waals surface area contributed by atoms with Gasteiger partial charge < -0.3 is 15.2 Å². The zero-order valence-corrected chi connectivity index (χ0v) is 11.0. The first kappa shape index (κ1) is 13.9. The van der Waals surface area contributed by atoms with Gasteiger partial charge in [-0.25, -0.2) is 0 Å². The summed E-state index contributed by atoms with van der Waals surface area (Å²) < 4.78 is 5.24. The Morgan fingerprint density at radius 1 is 1.38 bits per heavy atom. The highest BCUT2D eigenvalue weighted by Gasteiger charge is 2.31. The van der Waals surface area contributed by atoms with Gasteiger partial charge in [0.1, 0.15) is 0 Å². The maximum Gasteiger partial charge on any atom is 0.0698 e. The van der Waals surface area contributed by atoms with Crippen molar-refractivity contribution in [1.29, 1.82) is 0 Å². The van der Waals surface area contributed by atoms with Gasteiger partial charge in [0.25, 0.3) is 0 Å². The summed E-state index contributed by atoms with van der Waals surface area (Å²) in [7, 11) is 0. The first-order chi connectivity index (χ1) is 7.55. The monoisotopic (exact) mass is 229 g/mol. The smallest absolute Gasteiger partial charge is 0.0698 e. The highest BCUT2D eigenvalue weighted by atomic mass is 16.5. The molecule has 0 aromatic heterocycles. The van der Waals surface area contributed by atoms with E-state index in [0.29, 0.717) is 24.7 Å². The van der Waals surface area contributed by atoms with Crippen LogP contribution in [0.4, 0.5) is 0 Å². The van der Waals surface area contributed by atoms with Gasteiger partial charge in [-0.2, -0.15) is 0 Å². The molecule has 96 valence electrons. The lowest BCUT2D eigenvalue weighted by molar-refractivity contribution is 0.0858. The fourth-order valence-corrected chi connectivity index (χ4v) is 2.73. The van der Waals surface area contributed by atoms with Crippen LogP contribution in [0.2, 0.25) is 0 Å². The Morgan fingerprint density at radius 2 is 2.12 bits per heavy atom. The number of nitrogens with one attached hydrogen (secondary N) is 1. The van der Waals surface area contributed by atoms with Crippen molar-refractivity contribution in [3.63, 3.8) is 0 Å². The summed E-state index contributed by atoms with van der Waals surface area (Å²) in [6.45, 7) is 9.24. The molecule has 2 N–H and O–H groups in total. The molecule has 0 bridgehead atoms. The quantitative estimate of drug-likeness (QED) is 0.682. The van der Waals surface area contributed by atoms with Gasteiger partial charge in [-0.05, 0) is 30.6 Å². The van der Waals surface area contributed by atoms with E-state index in [0.717, 1.165) is 12.5 Å². The van der Waals surface area contributed by atoms with Crippen LogP contribution in [0.3, 0.4) is 0 Å². The predicted octanol–water partition coefficient (Wildman–Crippen LogP) is 1.80. The molecule has 0 saturated heterocycles. The average Bonchev–Trinajstić information content (AvgIpc) is 2.20. The Morgan fingerprint density at radius 3 is 2.75 bits per heavy atom. The minimum Gasteiger partial charge on any atom is -0.394 e. The topological polar surface area (TPSA) is 41.5 Å². The molecule has 1 aliphatic carbocycles. The molecule has 0 spiro atoms. The number of rotatable bonds is 6. The minimum absolute atomic E-state index is 0.119. The van der Waals surface area contributed by atoms with Crippen molar-refractivity contribution in [1.82, 2.24) is 5.32 Å². The lowest BCUT2D eigenvalue weighted by Gasteiger charge is -2.39. The van der Waals surface area contributed by atoms with Crippen molar-refractivity contribution in [2.24, 2.45) is 11.3 Å². The van der Waals surface area contributed by atoms with Gasteiger partial charge in [-0.3, -0.25) is 0 Å². The first-order valence-electron chi connectivity index (χ1n) is 6.47. The van der Waals surface area contributed by atoms with Crippen molar-refractivity contribution in [2.45, 2.75) is 46.1 Å². The molecule has 0 aromatic rings. The second kappa shape index (κ2) is 6.58. The number of hydrogen-bond donors (Lipinski definition) is 2. The van der Waals surface area contributed by atoms with E-state index in [1.807, 2.05) is 0 Å². The molecule has 0 aliphatic heterocycles. The van der Waals surface area contributed by atoms with Gasteiger partial charge in [0.15, 0.2) is 0 Å². The largest absolute Gasteiger partial charge is 0.394 e. The summed E-state index contributed by atoms with van der Waals surface area (Å²) in [5.41, 5.74) is 0.519. The molecule has 1 rings (SSSR count). The molecule has 3 heteroatoms. The molecule has 0 heterocycles. The Balaban J connectivity index is 2.13. The molecular weight excluding hydrogens is 202 g/mol. The summed E-state index contributed by atoms with van der Waals surface area (Å²) >= 11 is 0. The van der Waals surface area contributed by atoms with Crippen molar-refractivity contribution in [3.05, 3.63) is 0 Å². The van der Waals surface area contributed by atoms with E-state index in [-0.39, 0.29) is 6.61 Å². The molecule has 16 heavy (non-hydrogen) atoms. The highest BCUT2D eigenvalue weighted by Crippen LogP contribution is 2.38. The molecular formula is C13H27NO2. The highest BCUT2D eigenvalue weighted by molar-refractivity contribution is 4.86. The van der Waals surface area contributed by atoms with Gasteiger partial charge in [-0.1, -0.05) is 20.8 Å². The van der Waals surface area contributed by atoms with Gasteiger partial charge in [0, 0.05) is 12.6 Å². The first-order valence-corrected chi connectivity index (χ1v) is 6.47. The predicted molar refractivity (Wildman–Crippen MR) is 66.5 cm³/mol. The van der Waals surface area contributed by atoms with Crippen LogP contribution in [0.1, 0.15) is 40.0 Å². The molecule has 1 aliphatic rings. The Labute approximate surface area is 99.6 Å². The molecule has 0 amide bonds. The van der Waals surface area contributed by atoms with E-state index in [1.54, 1.807) is 0 Å². The zero-order chi connectivity index (χ0) is 12.0. The van der Waals surface area contributed by atoms with Crippen LogP contribution in [0.15, 0.2) is 0 Å². The van der Waals surface area contributed by atoms with Gasteiger partial charge in [-0.15, -0.1) is 0 Å². The standard InChI is InChI=1S/C13H27NO2/c1-11-10-13(2,3)5-4-12(11)14-6-8-16-9-7-15/h11-12,14-15H,4-10H2,1-3H3. The second-order valence-corrected chi connectivity index (χ2v) is 5.78. The number of aliphatic hydroxyl groups is 1. The molecule has 2 atom stereocenters. The van der Waals surface area contributed by atoms with E-state index in [2.05, 4.69) is 26.1 Å². The van der Waals surface area contributed by atoms with E-state index < -0.39 is 0 Å². The molecule has 0 radical (unpaired) electrons. The molecule has 1 saturated carbocycles. The van der Waals surface area contributed by atoms with Gasteiger partial charge in [0.05, 0.1) is 19.8 Å². The van der Waals surface area contributed by atoms with Crippen molar-refractivity contribution in [2.75, 3.05) is 26.4 Å². The lowest BCUT2D eigenvalue weighted by Crippen LogP contribution is -2.42. The van der Waals surface area contributed by atoms with Crippen molar-refractivity contribution < 1.29 is 9.84 Å². The fourth-order valence-electron chi connectivity index (χ4n) is 2.73. The van der Waals surface area contributed by atoms with Crippen LogP contribution in [-0.2, 0) is 4.74 Å². The van der Waals surface area contributed by atoms with E-state index >= 15 is 0 Å². The Hall–Kier alpha value is -0.120. The number of hydrogen-bond acceptors (Lipinski definition) is 3. The molecule has 1 fully saturated rings. The van der Waals surface area contributed by atoms with Crippen LogP contribution in [0.25, 0.3) is 0 Å². The Bertz CT molecular complexity index is 194. The van der Waals surface area contributed by atoms with Crippen LogP contribution in [-0.4, -0.2) is 37.5 Å². The van der Waals surface area contributed by atoms with Crippen LogP contribution < -0.4 is 5.32 Å². The van der Waals surface area contributed by atoms with Gasteiger partial charge >= 0.3 is 0 Å². The normalized spacial score (nSPS) is 29.2. The summed E-state index contributed by atoms with van der Waals surface area (Å²) in [5.74, 6) is 0.751. The summed E-state index contributed by atoms with van der Waals surface area (Å²) in [4.78, 5) is 0. The summed E-state index contributed by atoms with van der Waals surface area (Å²) in [6, 6.07) is 0.644. The third-order valence-electron chi connectivity index (χ3n) is 3.58. The fraction of sp³-hybridized carbons (Fsp3) is 1.00. The summed E-state index contributed by atoms with van der Waals surface area (Å²) in [6.07, 6.45) is 3.89. The molecule has 0 aromatic carbocycles. The second-order valence-electron chi connectivity index (χ2n) is 5.78. The van der Waals surface area contributed by atoms with Crippen molar-refractivity contribution in [3.8, 4) is 0 Å². The summed E-state index contributed by atoms with van der Waals surface area (Å²) in [5, 5.41) is 12.1. The third kappa shape index (κ3) is 4.81. The minimum atomic E-state index is 0.119. The maximum atomic E-state index is 8.57. The SMILES string of the molecule is CC1CC(C)(C)CCC1NCCOCCO. The van der Waals surface area contributed by atoms with E-state index in [4.69, 9.17) is 9.84 Å². The van der Waals surface area contributed by atoms with Gasteiger partial charge in [0.2, 0.25) is 0 Å². The van der Waals surface area contributed by atoms with E-state index in [1.165, 1.54) is 19.3 Å². The van der Waals surface area contributed by atoms with Crippen LogP contribution in [0, 0.1) is 11.3 Å². The van der Waals surface area contributed by atoms with Crippen LogP contribution in [0.5, 0.6) is 0 Å².